The second-order valence-corrected chi connectivity index (χ2v) is 37.5. The molecule has 0 aliphatic heterocycles. The Kier molecular flexibility index (Phi) is 35.1. The Balaban J connectivity index is 0.000000287. The number of ether oxygens (including phenoxy) is 2. The second kappa shape index (κ2) is 41.0. The third-order valence-corrected chi connectivity index (χ3v) is 30.0. The quantitative estimate of drug-likeness (QED) is 0.00835. The minimum absolute atomic E-state index is 0. The Hall–Kier alpha value is -2.91. The minimum atomic E-state index is -1.04. The van der Waals surface area contributed by atoms with Crippen molar-refractivity contribution in [2.45, 2.75) is 253 Å². The maximum Gasteiger partial charge on any atom is 0.407 e. The van der Waals surface area contributed by atoms with Gasteiger partial charge in [0.15, 0.2) is 0 Å². The maximum atomic E-state index is 12.7. The number of carboxylic acids is 2. The molecule has 9 rings (SSSR count). The summed E-state index contributed by atoms with van der Waals surface area (Å²) >= 11 is 3.42. The van der Waals surface area contributed by atoms with E-state index in [1.54, 1.807) is 32.7 Å². The van der Waals surface area contributed by atoms with Gasteiger partial charge >= 0.3 is 18.2 Å². The fraction of sp³-hybridized carbons (Fsp3) is 0.805. The average Bonchev–Trinajstić information content (AvgIpc) is 1.38. The Labute approximate surface area is 618 Å². The van der Waals surface area contributed by atoms with Gasteiger partial charge in [-0.1, -0.05) is 170 Å². The fourth-order valence-corrected chi connectivity index (χ4v) is 23.9. The number of amidine groups is 2. The molecule has 2 amide bonds. The number of allylic oxidation sites excluding steroid dienone is 2. The van der Waals surface area contributed by atoms with Crippen LogP contribution in [0.2, 0.25) is 0 Å². The standard InChI is InChI=1S/C39H62N4O2S2.C36H61N3O4S2.C2H4O2S.ClH/c1-27(2)10-8-11-28(3)32-16-17-33-31-15-14-29-26-30(18-20-38(29,4)34(31)19-21-39(32,33)5)45-37(44)43-24-23-41-35(40)12-9-25-46-47-36-13-6-7-22-42-36;1-24(2)8-6-9-25(3)29-13-14-30-28-12-11-26-22-27(15-17-35(26,4)31(28)16-18-36(29,30)5)43-34(42)39-20-19-38-32(37)10-7-21-44-45-23-33(40)41;3-2(4)1-5;/h6-7,13-14,22,27-28,30-34H,8-12,15-21,23-26H2,1-5H3,(H2,40,41)(H,43,44);11,24-25,27-31H,6-10,12-23H2,1-5H3,(H2,37,38)(H,39,42)(H,40,41);5H,1H2,(H,3,4);1H. The Morgan fingerprint density at radius 1 is 0.643 bits per heavy atom. The zero-order chi connectivity index (χ0) is 70.3. The van der Waals surface area contributed by atoms with Gasteiger partial charge in [0.2, 0.25) is 11.7 Å². The molecule has 6 fully saturated rings. The van der Waals surface area contributed by atoms with Gasteiger partial charge < -0.3 is 47.5 Å². The zero-order valence-electron chi connectivity index (χ0n) is 61.5. The summed E-state index contributed by atoms with van der Waals surface area (Å²) in [6, 6.07) is 5.96. The van der Waals surface area contributed by atoms with E-state index in [0.29, 0.717) is 49.3 Å². The first-order chi connectivity index (χ1) is 46.3. The van der Waals surface area contributed by atoms with Crippen LogP contribution in [-0.2, 0) is 19.1 Å². The van der Waals surface area contributed by atoms with E-state index in [-0.39, 0.29) is 59.1 Å². The van der Waals surface area contributed by atoms with Crippen molar-refractivity contribution >= 4 is 91.6 Å². The summed E-state index contributed by atoms with van der Waals surface area (Å²) in [5.41, 5.74) is 16.9. The van der Waals surface area contributed by atoms with Crippen molar-refractivity contribution in [2.75, 3.05) is 49.2 Å². The summed E-state index contributed by atoms with van der Waals surface area (Å²) in [6.45, 7) is 27.1. The van der Waals surface area contributed by atoms with E-state index in [1.807, 2.05) is 24.4 Å². The minimum Gasteiger partial charge on any atom is -1.00 e. The molecule has 0 saturated heterocycles. The van der Waals surface area contributed by atoms with Crippen molar-refractivity contribution < 1.29 is 61.3 Å². The van der Waals surface area contributed by atoms with E-state index < -0.39 is 11.9 Å². The number of thiol groups is 1. The highest BCUT2D eigenvalue weighted by atomic mass is 35.5. The van der Waals surface area contributed by atoms with Gasteiger partial charge in [0.25, 0.3) is 0 Å². The first-order valence-electron chi connectivity index (χ1n) is 37.8. The van der Waals surface area contributed by atoms with Crippen molar-refractivity contribution in [3.63, 3.8) is 0 Å². The number of rotatable bonds is 32. The van der Waals surface area contributed by atoms with Crippen molar-refractivity contribution in [3.05, 3.63) is 47.7 Å². The first kappa shape index (κ1) is 84.0. The molecule has 556 valence electrons. The highest BCUT2D eigenvalue weighted by Gasteiger charge is 2.61. The lowest BCUT2D eigenvalue weighted by Crippen LogP contribution is -3.00. The molecule has 6 saturated carbocycles. The van der Waals surface area contributed by atoms with E-state index in [1.165, 1.54) is 124 Å². The molecule has 8 aliphatic carbocycles. The number of halogens is 1. The maximum absolute atomic E-state index is 12.7. The summed E-state index contributed by atoms with van der Waals surface area (Å²) in [4.78, 5) is 55.8. The Bertz CT molecular complexity index is 2780. The molecule has 0 aromatic carbocycles. The van der Waals surface area contributed by atoms with E-state index in [2.05, 4.69) is 120 Å². The van der Waals surface area contributed by atoms with Crippen LogP contribution in [0.3, 0.4) is 0 Å². The highest BCUT2D eigenvalue weighted by molar-refractivity contribution is 8.77. The molecule has 0 bridgehead atoms. The summed E-state index contributed by atoms with van der Waals surface area (Å²) in [7, 11) is 6.29. The van der Waals surface area contributed by atoms with E-state index >= 15 is 0 Å². The number of carbonyl (C=O) groups excluding carboxylic acids is 3. The number of aromatic nitrogens is 1. The second-order valence-electron chi connectivity index (χ2n) is 32.2. The number of nitrogens with zero attached hydrogens (tertiary/aromatic N) is 1. The molecule has 1 aromatic rings. The van der Waals surface area contributed by atoms with Crippen LogP contribution in [0, 0.1) is 92.7 Å². The van der Waals surface area contributed by atoms with Crippen LogP contribution in [0.15, 0.2) is 52.7 Å². The third kappa shape index (κ3) is 23.8. The van der Waals surface area contributed by atoms with Crippen molar-refractivity contribution in [3.8, 4) is 0 Å². The van der Waals surface area contributed by atoms with Crippen LogP contribution in [0.4, 0.5) is 9.59 Å². The molecule has 1 aromatic heterocycles. The van der Waals surface area contributed by atoms with Gasteiger partial charge in [0.05, 0.1) is 24.8 Å². The number of hydrogen-bond donors (Lipinski definition) is 8. The van der Waals surface area contributed by atoms with Gasteiger partial charge in [-0.05, 0) is 218 Å². The van der Waals surface area contributed by atoms with E-state index in [4.69, 9.17) is 26.0 Å². The van der Waals surface area contributed by atoms with Crippen molar-refractivity contribution in [2.24, 2.45) is 104 Å². The lowest BCUT2D eigenvalue weighted by atomic mass is 9.47. The molecular weight excluding hydrogens is 1350 g/mol. The van der Waals surface area contributed by atoms with Gasteiger partial charge in [0.1, 0.15) is 30.3 Å². The molecule has 21 heteroatoms. The number of carbonyl (C=O) groups is 4. The molecule has 0 radical (unpaired) electrons. The van der Waals surface area contributed by atoms with Gasteiger partial charge in [-0.2, -0.15) is 12.6 Å². The normalized spacial score (nSPS) is 31.4. The van der Waals surface area contributed by atoms with Crippen molar-refractivity contribution in [1.29, 1.82) is 0 Å². The lowest BCUT2D eigenvalue weighted by Gasteiger charge is -2.58. The summed E-state index contributed by atoms with van der Waals surface area (Å²) < 4.78 is 11.9. The van der Waals surface area contributed by atoms with Crippen LogP contribution in [0.25, 0.3) is 0 Å². The summed E-state index contributed by atoms with van der Waals surface area (Å²) in [6.07, 6.45) is 37.6. The number of fused-ring (bicyclic) bond motifs is 10. The molecular formula is C77H128ClN7O8S5. The number of nitrogens with two attached hydrogens (primary N) is 2. The van der Waals surface area contributed by atoms with Gasteiger partial charge in [0, 0.05) is 49.1 Å². The van der Waals surface area contributed by atoms with E-state index in [9.17, 15) is 24.3 Å². The predicted octanol–water partition coefficient (Wildman–Crippen LogP) is 10.7. The number of nitrogens with one attached hydrogen (secondary N) is 4. The highest BCUT2D eigenvalue weighted by Crippen LogP contribution is 2.69. The summed E-state index contributed by atoms with van der Waals surface area (Å²) in [5.74, 6) is 11.3. The van der Waals surface area contributed by atoms with Gasteiger partial charge in [-0.25, -0.2) is 14.6 Å². The number of aliphatic carboxylic acids is 2. The number of carboxylic acid groups (broad SMARTS) is 2. The zero-order valence-corrected chi connectivity index (χ0v) is 66.4. The smallest absolute Gasteiger partial charge is 0.407 e. The first-order valence-corrected chi connectivity index (χ1v) is 43.2. The SMILES string of the molecule is CC(C)CCCC(C)C1CCC2C3CC=C4CC(OC(=O)NCC[NH+]=C(N)CCCSSCC(=O)[O-])CCC4(C)C3CCC12C.CC(C)CCCC(C)C1CCC2C3CC=C4CC(OC(=O)NCC[NH+]=C(N)CCCSSc5ccccn5)CCC4(C)C3CCC12C.O=C(O)CS.[Cl-]. The molecule has 98 heavy (non-hydrogen) atoms. The molecule has 8 aliphatic rings. The number of alkyl carbamates (subject to hydrolysis) is 2. The monoisotopic (exact) mass is 1470 g/mol. The largest absolute Gasteiger partial charge is 1.00 e. The molecule has 0 spiro atoms. The van der Waals surface area contributed by atoms with Crippen LogP contribution < -0.4 is 49.6 Å². The van der Waals surface area contributed by atoms with E-state index in [0.717, 1.165) is 151 Å². The third-order valence-electron chi connectivity index (χ3n) is 25.1. The molecule has 15 nitrogen and oxygen atoms in total. The molecule has 16 atom stereocenters. The van der Waals surface area contributed by atoms with Crippen LogP contribution in [-0.4, -0.2) is 107 Å². The Morgan fingerprint density at radius 3 is 1.52 bits per heavy atom. The fourth-order valence-electron chi connectivity index (χ4n) is 20.1. The Morgan fingerprint density at radius 2 is 1.10 bits per heavy atom. The molecule has 9 N–H and O–H groups in total. The van der Waals surface area contributed by atoms with Crippen LogP contribution in [0.5, 0.6) is 0 Å². The van der Waals surface area contributed by atoms with Crippen LogP contribution in [0.1, 0.15) is 236 Å². The lowest BCUT2D eigenvalue weighted by molar-refractivity contribution is -0.457. The molecule has 1 heterocycles. The summed E-state index contributed by atoms with van der Waals surface area (Å²) in [5, 5.41) is 24.9. The van der Waals surface area contributed by atoms with Gasteiger partial charge in [-0.3, -0.25) is 26.2 Å². The number of hydrogen-bond acceptors (Lipinski definition) is 13. The number of pyridine rings is 1. The topological polar surface area (TPSA) is 247 Å². The average molecular weight is 1480 g/mol. The predicted molar refractivity (Wildman–Crippen MR) is 405 cm³/mol. The number of amides is 2. The molecule has 16 unspecified atom stereocenters. The van der Waals surface area contributed by atoms with Crippen molar-refractivity contribution in [1.82, 2.24) is 15.6 Å². The van der Waals surface area contributed by atoms with Crippen LogP contribution >= 0.6 is 55.8 Å². The van der Waals surface area contributed by atoms with Gasteiger partial charge in [-0.15, -0.1) is 0 Å².